The zero-order valence-electron chi connectivity index (χ0n) is 11.9. The zero-order valence-corrected chi connectivity index (χ0v) is 12.7. The van der Waals surface area contributed by atoms with Crippen LogP contribution < -0.4 is 4.90 Å². The standard InChI is InChI=1S/C17H13N3OS/c1-11-6-7-12(13(21)10-11)20-16-14(4-2-8-18-16)22-15-5-3-9-19-17(15)20/h2-10,21H,1H3. The van der Waals surface area contributed by atoms with Crippen molar-refractivity contribution < 1.29 is 5.11 Å². The Morgan fingerprint density at radius 1 is 0.955 bits per heavy atom. The summed E-state index contributed by atoms with van der Waals surface area (Å²) in [6.07, 6.45) is 3.51. The Hall–Kier alpha value is -2.53. The van der Waals surface area contributed by atoms with Crippen molar-refractivity contribution >= 4 is 29.1 Å². The van der Waals surface area contributed by atoms with Gasteiger partial charge in [-0.2, -0.15) is 0 Å². The van der Waals surface area contributed by atoms with Gasteiger partial charge in [-0.15, -0.1) is 0 Å². The molecule has 1 aromatic carbocycles. The smallest absolute Gasteiger partial charge is 0.152 e. The van der Waals surface area contributed by atoms with E-state index in [1.54, 1.807) is 30.2 Å². The lowest BCUT2D eigenvalue weighted by Gasteiger charge is -2.30. The van der Waals surface area contributed by atoms with Crippen molar-refractivity contribution in [2.24, 2.45) is 0 Å². The number of pyridine rings is 2. The monoisotopic (exact) mass is 307 g/mol. The second kappa shape index (κ2) is 5.03. The summed E-state index contributed by atoms with van der Waals surface area (Å²) in [4.78, 5) is 13.0. The van der Waals surface area contributed by atoms with Gasteiger partial charge in [0.2, 0.25) is 0 Å². The second-order valence-electron chi connectivity index (χ2n) is 5.08. The van der Waals surface area contributed by atoms with Gasteiger partial charge >= 0.3 is 0 Å². The number of anilines is 3. The van der Waals surface area contributed by atoms with Crippen LogP contribution in [0, 0.1) is 6.92 Å². The summed E-state index contributed by atoms with van der Waals surface area (Å²) < 4.78 is 0. The molecule has 0 aliphatic carbocycles. The quantitative estimate of drug-likeness (QED) is 0.564. The molecule has 0 amide bonds. The predicted octanol–water partition coefficient (Wildman–Crippen LogP) is 4.43. The van der Waals surface area contributed by atoms with E-state index >= 15 is 0 Å². The normalized spacial score (nSPS) is 12.7. The lowest BCUT2D eigenvalue weighted by atomic mass is 10.2. The van der Waals surface area contributed by atoms with Gasteiger partial charge < -0.3 is 5.11 Å². The third kappa shape index (κ3) is 2.02. The Kier molecular flexibility index (Phi) is 3.01. The van der Waals surface area contributed by atoms with E-state index in [0.29, 0.717) is 5.69 Å². The van der Waals surface area contributed by atoms with Crippen LogP contribution in [0.25, 0.3) is 0 Å². The summed E-state index contributed by atoms with van der Waals surface area (Å²) in [5, 5.41) is 10.4. The second-order valence-corrected chi connectivity index (χ2v) is 6.16. The highest BCUT2D eigenvalue weighted by Gasteiger charge is 2.28. The van der Waals surface area contributed by atoms with Crippen LogP contribution in [0.2, 0.25) is 0 Å². The van der Waals surface area contributed by atoms with Crippen LogP contribution in [0.5, 0.6) is 5.75 Å². The molecular formula is C17H13N3OS. The van der Waals surface area contributed by atoms with Gasteiger partial charge in [-0.1, -0.05) is 17.8 Å². The first-order valence-electron chi connectivity index (χ1n) is 6.92. The minimum absolute atomic E-state index is 0.222. The summed E-state index contributed by atoms with van der Waals surface area (Å²) in [6, 6.07) is 13.5. The highest BCUT2D eigenvalue weighted by atomic mass is 32.2. The molecule has 2 aromatic heterocycles. The fourth-order valence-electron chi connectivity index (χ4n) is 2.53. The van der Waals surface area contributed by atoms with Crippen molar-refractivity contribution in [1.29, 1.82) is 0 Å². The SMILES string of the molecule is Cc1ccc(N2c3ncccc3Sc3cccnc32)c(O)c1. The van der Waals surface area contributed by atoms with E-state index in [9.17, 15) is 5.11 Å². The van der Waals surface area contributed by atoms with Crippen molar-refractivity contribution in [2.75, 3.05) is 4.90 Å². The summed E-state index contributed by atoms with van der Waals surface area (Å²) >= 11 is 1.64. The number of nitrogens with zero attached hydrogens (tertiary/aromatic N) is 3. The third-order valence-electron chi connectivity index (χ3n) is 3.52. The lowest BCUT2D eigenvalue weighted by molar-refractivity contribution is 0.476. The molecule has 22 heavy (non-hydrogen) atoms. The fourth-order valence-corrected chi connectivity index (χ4v) is 3.53. The third-order valence-corrected chi connectivity index (χ3v) is 4.59. The maximum Gasteiger partial charge on any atom is 0.152 e. The van der Waals surface area contributed by atoms with Gasteiger partial charge in [-0.25, -0.2) is 9.97 Å². The summed E-state index contributed by atoms with van der Waals surface area (Å²) in [7, 11) is 0. The predicted molar refractivity (Wildman–Crippen MR) is 87.2 cm³/mol. The van der Waals surface area contributed by atoms with E-state index in [4.69, 9.17) is 0 Å². The van der Waals surface area contributed by atoms with E-state index in [2.05, 4.69) is 9.97 Å². The number of aromatic nitrogens is 2. The number of aromatic hydroxyl groups is 1. The molecule has 0 radical (unpaired) electrons. The van der Waals surface area contributed by atoms with E-state index in [0.717, 1.165) is 27.0 Å². The largest absolute Gasteiger partial charge is 0.506 e. The number of rotatable bonds is 1. The number of hydrogen-bond acceptors (Lipinski definition) is 5. The van der Waals surface area contributed by atoms with Gasteiger partial charge in [0.1, 0.15) is 5.75 Å². The zero-order chi connectivity index (χ0) is 15.1. The van der Waals surface area contributed by atoms with Crippen LogP contribution in [0.3, 0.4) is 0 Å². The number of benzene rings is 1. The Balaban J connectivity index is 1.98. The molecule has 0 spiro atoms. The van der Waals surface area contributed by atoms with Crippen LogP contribution in [0.4, 0.5) is 17.3 Å². The first-order valence-corrected chi connectivity index (χ1v) is 7.73. The number of hydrogen-bond donors (Lipinski definition) is 1. The van der Waals surface area contributed by atoms with E-state index in [1.165, 1.54) is 0 Å². The molecular weight excluding hydrogens is 294 g/mol. The van der Waals surface area contributed by atoms with Gasteiger partial charge in [-0.3, -0.25) is 4.90 Å². The summed E-state index contributed by atoms with van der Waals surface area (Å²) in [5.74, 6) is 1.80. The molecule has 0 saturated heterocycles. The average molecular weight is 307 g/mol. The van der Waals surface area contributed by atoms with Gasteiger partial charge in [0.15, 0.2) is 11.6 Å². The average Bonchev–Trinajstić information content (AvgIpc) is 2.53. The van der Waals surface area contributed by atoms with Gasteiger partial charge in [-0.05, 0) is 48.9 Å². The molecule has 0 bridgehead atoms. The minimum Gasteiger partial charge on any atom is -0.506 e. The molecule has 5 heteroatoms. The lowest BCUT2D eigenvalue weighted by Crippen LogP contribution is -2.17. The molecule has 3 aromatic rings. The van der Waals surface area contributed by atoms with Gasteiger partial charge in [0.25, 0.3) is 0 Å². The number of fused-ring (bicyclic) bond motifs is 2. The molecule has 4 nitrogen and oxygen atoms in total. The Bertz CT molecular complexity index is 821. The molecule has 1 aliphatic heterocycles. The van der Waals surface area contributed by atoms with Crippen LogP contribution in [0.15, 0.2) is 64.6 Å². The van der Waals surface area contributed by atoms with Crippen molar-refractivity contribution in [1.82, 2.24) is 9.97 Å². The molecule has 0 saturated carbocycles. The van der Waals surface area contributed by atoms with Crippen LogP contribution in [-0.4, -0.2) is 15.1 Å². The maximum absolute atomic E-state index is 10.4. The Morgan fingerprint density at radius 2 is 1.59 bits per heavy atom. The minimum atomic E-state index is 0.222. The van der Waals surface area contributed by atoms with Crippen LogP contribution in [-0.2, 0) is 0 Å². The summed E-state index contributed by atoms with van der Waals surface area (Å²) in [6.45, 7) is 1.95. The number of phenols is 1. The number of phenolic OH excluding ortho intramolecular Hbond substituents is 1. The fraction of sp³-hybridized carbons (Fsp3) is 0.0588. The van der Waals surface area contributed by atoms with Crippen molar-refractivity contribution in [2.45, 2.75) is 16.7 Å². The molecule has 1 N–H and O–H groups in total. The maximum atomic E-state index is 10.4. The first-order chi connectivity index (χ1) is 10.7. The molecule has 108 valence electrons. The van der Waals surface area contributed by atoms with Crippen molar-refractivity contribution in [3.8, 4) is 5.75 Å². The van der Waals surface area contributed by atoms with Crippen molar-refractivity contribution in [3.63, 3.8) is 0 Å². The molecule has 4 rings (SSSR count). The number of aryl methyl sites for hydroxylation is 1. The van der Waals surface area contributed by atoms with Gasteiger partial charge in [0, 0.05) is 12.4 Å². The molecule has 0 fully saturated rings. The topological polar surface area (TPSA) is 49.2 Å². The van der Waals surface area contributed by atoms with Crippen molar-refractivity contribution in [3.05, 3.63) is 60.4 Å². The highest BCUT2D eigenvalue weighted by molar-refractivity contribution is 7.99. The molecule has 3 heterocycles. The first kappa shape index (κ1) is 13.2. The molecule has 0 atom stereocenters. The molecule has 0 unspecified atom stereocenters. The van der Waals surface area contributed by atoms with Crippen LogP contribution >= 0.6 is 11.8 Å². The van der Waals surface area contributed by atoms with Gasteiger partial charge in [0.05, 0.1) is 15.5 Å². The van der Waals surface area contributed by atoms with E-state index in [1.807, 2.05) is 48.2 Å². The van der Waals surface area contributed by atoms with E-state index in [-0.39, 0.29) is 5.75 Å². The van der Waals surface area contributed by atoms with E-state index < -0.39 is 0 Å². The Labute approximate surface area is 132 Å². The Morgan fingerprint density at radius 3 is 2.18 bits per heavy atom. The molecule has 1 aliphatic rings. The van der Waals surface area contributed by atoms with Crippen LogP contribution in [0.1, 0.15) is 5.56 Å². The highest BCUT2D eigenvalue weighted by Crippen LogP contribution is 2.50. The summed E-state index contributed by atoms with van der Waals surface area (Å²) in [5.41, 5.74) is 1.70.